The van der Waals surface area contributed by atoms with Crippen LogP contribution >= 0.6 is 0 Å². The largest absolute Gasteiger partial charge is 0.466 e. The minimum Gasteiger partial charge on any atom is -0.466 e. The average Bonchev–Trinajstić information content (AvgIpc) is 2.89. The predicted molar refractivity (Wildman–Crippen MR) is 68.8 cm³/mol. The van der Waals surface area contributed by atoms with E-state index in [9.17, 15) is 4.79 Å². The van der Waals surface area contributed by atoms with Gasteiger partial charge in [0, 0.05) is 18.2 Å². The molecule has 4 heteroatoms. The molecule has 1 heterocycles. The maximum atomic E-state index is 11.7. The van der Waals surface area contributed by atoms with Gasteiger partial charge in [-0.1, -0.05) is 6.07 Å². The molecule has 4 nitrogen and oxygen atoms in total. The average molecular weight is 248 g/mol. The van der Waals surface area contributed by atoms with E-state index in [1.807, 2.05) is 25.1 Å². The fourth-order valence-electron chi connectivity index (χ4n) is 2.56. The summed E-state index contributed by atoms with van der Waals surface area (Å²) in [5.41, 5.74) is 7.57. The predicted octanol–water partition coefficient (Wildman–Crippen LogP) is 1.99. The van der Waals surface area contributed by atoms with Crippen molar-refractivity contribution in [3.8, 4) is 0 Å². The first-order valence-corrected chi connectivity index (χ1v) is 6.57. The summed E-state index contributed by atoms with van der Waals surface area (Å²) in [5, 5.41) is 0. The Bertz CT molecular complexity index is 420. The number of hydrogen-bond donors (Lipinski definition) is 1. The molecule has 2 N–H and O–H groups in total. The van der Waals surface area contributed by atoms with Crippen molar-refractivity contribution >= 4 is 5.97 Å². The smallest absolute Gasteiger partial charge is 0.308 e. The number of hydrogen-bond acceptors (Lipinski definition) is 4. The lowest BCUT2D eigenvalue weighted by Crippen LogP contribution is -2.15. The summed E-state index contributed by atoms with van der Waals surface area (Å²) >= 11 is 0. The molecule has 0 amide bonds. The van der Waals surface area contributed by atoms with Crippen LogP contribution in [0.4, 0.5) is 0 Å². The second kappa shape index (κ2) is 5.96. The third kappa shape index (κ3) is 2.88. The van der Waals surface area contributed by atoms with Crippen LogP contribution in [-0.4, -0.2) is 17.6 Å². The topological polar surface area (TPSA) is 65.2 Å². The Balaban J connectivity index is 2.01. The Hall–Kier alpha value is -1.42. The second-order valence-electron chi connectivity index (χ2n) is 4.72. The molecule has 0 radical (unpaired) electrons. The highest BCUT2D eigenvalue weighted by Gasteiger charge is 2.32. The number of nitrogens with two attached hydrogens (primary N) is 1. The highest BCUT2D eigenvalue weighted by Crippen LogP contribution is 2.38. The van der Waals surface area contributed by atoms with Gasteiger partial charge in [-0.05, 0) is 38.3 Å². The first-order chi connectivity index (χ1) is 8.74. The van der Waals surface area contributed by atoms with Gasteiger partial charge in [0.1, 0.15) is 0 Å². The van der Waals surface area contributed by atoms with Gasteiger partial charge in [0.05, 0.1) is 18.2 Å². The highest BCUT2D eigenvalue weighted by molar-refractivity contribution is 5.72. The monoisotopic (exact) mass is 248 g/mol. The summed E-state index contributed by atoms with van der Waals surface area (Å²) in [6.07, 6.45) is 2.75. The molecular formula is C14H20N2O2. The van der Waals surface area contributed by atoms with Gasteiger partial charge < -0.3 is 10.5 Å². The van der Waals surface area contributed by atoms with Crippen LogP contribution in [-0.2, 0) is 16.1 Å². The molecule has 1 aromatic rings. The summed E-state index contributed by atoms with van der Waals surface area (Å²) in [7, 11) is 0. The van der Waals surface area contributed by atoms with Crippen molar-refractivity contribution in [1.29, 1.82) is 0 Å². The first kappa shape index (κ1) is 13.0. The number of ether oxygens (including phenoxy) is 1. The molecule has 1 aliphatic rings. The van der Waals surface area contributed by atoms with Crippen molar-refractivity contribution in [2.45, 2.75) is 38.6 Å². The Morgan fingerprint density at radius 3 is 3.06 bits per heavy atom. The molecule has 1 aliphatic carbocycles. The Morgan fingerprint density at radius 2 is 2.33 bits per heavy atom. The summed E-state index contributed by atoms with van der Waals surface area (Å²) in [6, 6.07) is 5.95. The quantitative estimate of drug-likeness (QED) is 0.827. The molecule has 1 saturated carbocycles. The lowest BCUT2D eigenvalue weighted by molar-refractivity contribution is -0.147. The van der Waals surface area contributed by atoms with E-state index in [1.54, 1.807) is 0 Å². The maximum Gasteiger partial charge on any atom is 0.308 e. The number of carbonyl (C=O) groups is 1. The van der Waals surface area contributed by atoms with Crippen molar-refractivity contribution in [1.82, 2.24) is 4.98 Å². The van der Waals surface area contributed by atoms with E-state index < -0.39 is 0 Å². The molecule has 2 atom stereocenters. The van der Waals surface area contributed by atoms with Gasteiger partial charge in [-0.2, -0.15) is 0 Å². The lowest BCUT2D eigenvalue weighted by Gasteiger charge is -2.11. The van der Waals surface area contributed by atoms with Gasteiger partial charge in [-0.25, -0.2) is 0 Å². The van der Waals surface area contributed by atoms with Crippen molar-refractivity contribution in [3.63, 3.8) is 0 Å². The molecular weight excluding hydrogens is 228 g/mol. The van der Waals surface area contributed by atoms with Crippen LogP contribution < -0.4 is 5.73 Å². The molecule has 0 aliphatic heterocycles. The van der Waals surface area contributed by atoms with E-state index in [0.29, 0.717) is 19.1 Å². The van der Waals surface area contributed by atoms with Crippen LogP contribution in [0.25, 0.3) is 0 Å². The van der Waals surface area contributed by atoms with Gasteiger partial charge in [-0.15, -0.1) is 0 Å². The molecule has 1 aromatic heterocycles. The zero-order valence-corrected chi connectivity index (χ0v) is 10.8. The molecule has 2 rings (SSSR count). The molecule has 98 valence electrons. The van der Waals surface area contributed by atoms with Crippen LogP contribution in [0.15, 0.2) is 18.2 Å². The van der Waals surface area contributed by atoms with Crippen molar-refractivity contribution in [2.24, 2.45) is 11.7 Å². The summed E-state index contributed by atoms with van der Waals surface area (Å²) in [5.74, 6) is 0.346. The molecule has 18 heavy (non-hydrogen) atoms. The normalized spacial score (nSPS) is 23.0. The highest BCUT2D eigenvalue weighted by atomic mass is 16.5. The third-order valence-electron chi connectivity index (χ3n) is 3.51. The van der Waals surface area contributed by atoms with Crippen LogP contribution in [0.3, 0.4) is 0 Å². The molecule has 0 aromatic carbocycles. The van der Waals surface area contributed by atoms with E-state index in [4.69, 9.17) is 10.5 Å². The standard InChI is InChI=1S/C14H20N2O2/c1-2-18-14(17)11-7-6-10(8-11)13-5-3-4-12(9-15)16-13/h3-5,10-11H,2,6-9,15H2,1H3. The van der Waals surface area contributed by atoms with E-state index in [2.05, 4.69) is 4.98 Å². The first-order valence-electron chi connectivity index (χ1n) is 6.57. The third-order valence-corrected chi connectivity index (χ3v) is 3.51. The SMILES string of the molecule is CCOC(=O)C1CCC(c2cccc(CN)n2)C1. The lowest BCUT2D eigenvalue weighted by atomic mass is 10.0. The fraction of sp³-hybridized carbons (Fsp3) is 0.571. The summed E-state index contributed by atoms with van der Waals surface area (Å²) in [6.45, 7) is 2.76. The van der Waals surface area contributed by atoms with Gasteiger partial charge in [0.2, 0.25) is 0 Å². The summed E-state index contributed by atoms with van der Waals surface area (Å²) in [4.78, 5) is 16.2. The zero-order chi connectivity index (χ0) is 13.0. The maximum absolute atomic E-state index is 11.7. The number of aromatic nitrogens is 1. The van der Waals surface area contributed by atoms with Gasteiger partial charge >= 0.3 is 5.97 Å². The van der Waals surface area contributed by atoms with Crippen molar-refractivity contribution in [2.75, 3.05) is 6.61 Å². The molecule has 2 unspecified atom stereocenters. The fourth-order valence-corrected chi connectivity index (χ4v) is 2.56. The molecule has 0 bridgehead atoms. The van der Waals surface area contributed by atoms with Gasteiger partial charge in [0.15, 0.2) is 0 Å². The van der Waals surface area contributed by atoms with Crippen LogP contribution in [0.2, 0.25) is 0 Å². The van der Waals surface area contributed by atoms with E-state index in [-0.39, 0.29) is 11.9 Å². The van der Waals surface area contributed by atoms with Gasteiger partial charge in [0.25, 0.3) is 0 Å². The van der Waals surface area contributed by atoms with Crippen LogP contribution in [0, 0.1) is 5.92 Å². The number of nitrogens with zero attached hydrogens (tertiary/aromatic N) is 1. The second-order valence-corrected chi connectivity index (χ2v) is 4.72. The number of rotatable bonds is 4. The van der Waals surface area contributed by atoms with Crippen molar-refractivity contribution < 1.29 is 9.53 Å². The number of esters is 1. The molecule has 0 spiro atoms. The van der Waals surface area contributed by atoms with Gasteiger partial charge in [-0.3, -0.25) is 9.78 Å². The summed E-state index contributed by atoms with van der Waals surface area (Å²) < 4.78 is 5.08. The molecule has 1 fully saturated rings. The van der Waals surface area contributed by atoms with E-state index >= 15 is 0 Å². The Kier molecular flexibility index (Phi) is 4.31. The van der Waals surface area contributed by atoms with E-state index in [1.165, 1.54) is 0 Å². The minimum atomic E-state index is -0.0602. The van der Waals surface area contributed by atoms with Crippen molar-refractivity contribution in [3.05, 3.63) is 29.6 Å². The Labute approximate surface area is 108 Å². The van der Waals surface area contributed by atoms with Crippen LogP contribution in [0.5, 0.6) is 0 Å². The zero-order valence-electron chi connectivity index (χ0n) is 10.8. The minimum absolute atomic E-state index is 0.0401. The van der Waals surface area contributed by atoms with E-state index in [0.717, 1.165) is 30.7 Å². The van der Waals surface area contributed by atoms with Crippen LogP contribution in [0.1, 0.15) is 43.5 Å². The molecule has 0 saturated heterocycles. The number of pyridine rings is 1. The number of carbonyl (C=O) groups excluding carboxylic acids is 1. The Morgan fingerprint density at radius 1 is 1.50 bits per heavy atom.